The highest BCUT2D eigenvalue weighted by molar-refractivity contribution is 9.10. The summed E-state index contributed by atoms with van der Waals surface area (Å²) in [7, 11) is 1.53. The van der Waals surface area contributed by atoms with E-state index < -0.39 is 0 Å². The molecule has 0 atom stereocenters. The van der Waals surface area contributed by atoms with Crippen LogP contribution in [0.1, 0.15) is 23.2 Å². The molecular weight excluding hydrogens is 398 g/mol. The molecule has 3 rings (SSSR count). The van der Waals surface area contributed by atoms with E-state index in [9.17, 15) is 9.59 Å². The van der Waals surface area contributed by atoms with Crippen LogP contribution in [0.15, 0.2) is 41.0 Å². The second-order valence-electron chi connectivity index (χ2n) is 6.17. The van der Waals surface area contributed by atoms with Crippen LogP contribution in [0, 0.1) is 5.92 Å². The highest BCUT2D eigenvalue weighted by atomic mass is 79.9. The van der Waals surface area contributed by atoms with Gasteiger partial charge >= 0.3 is 0 Å². The van der Waals surface area contributed by atoms with Crippen LogP contribution in [0.3, 0.4) is 0 Å². The number of anilines is 2. The average Bonchev–Trinajstić information content (AvgIpc) is 2.68. The second kappa shape index (κ2) is 8.31. The number of carbonyl (C=O) groups excluding carboxylic acids is 2. The van der Waals surface area contributed by atoms with Gasteiger partial charge in [-0.15, -0.1) is 0 Å². The van der Waals surface area contributed by atoms with E-state index in [1.54, 1.807) is 12.3 Å². The van der Waals surface area contributed by atoms with Crippen LogP contribution >= 0.6 is 15.9 Å². The fourth-order valence-electron chi connectivity index (χ4n) is 3.08. The molecule has 2 heterocycles. The summed E-state index contributed by atoms with van der Waals surface area (Å²) in [6.45, 7) is 1.60. The number of piperidine rings is 1. The van der Waals surface area contributed by atoms with Gasteiger partial charge in [-0.3, -0.25) is 9.59 Å². The molecule has 0 saturated carbocycles. The quantitative estimate of drug-likeness (QED) is 0.753. The Labute approximate surface area is 160 Å². The zero-order chi connectivity index (χ0) is 18.5. The van der Waals surface area contributed by atoms with E-state index in [1.165, 1.54) is 7.11 Å². The number of nitrogens with one attached hydrogen (secondary N) is 1. The summed E-state index contributed by atoms with van der Waals surface area (Å²) in [6, 6.07) is 9.30. The summed E-state index contributed by atoms with van der Waals surface area (Å²) in [5.41, 5.74) is 2.31. The zero-order valence-corrected chi connectivity index (χ0v) is 16.0. The van der Waals surface area contributed by atoms with E-state index in [4.69, 9.17) is 4.74 Å². The van der Waals surface area contributed by atoms with E-state index >= 15 is 0 Å². The molecule has 136 valence electrons. The summed E-state index contributed by atoms with van der Waals surface area (Å²) in [6.07, 6.45) is 4.00. The van der Waals surface area contributed by atoms with Gasteiger partial charge in [0.25, 0.3) is 0 Å². The molecule has 1 N–H and O–H groups in total. The van der Waals surface area contributed by atoms with Crippen LogP contribution in [-0.2, 0) is 4.79 Å². The maximum absolute atomic E-state index is 12.6. The van der Waals surface area contributed by atoms with Crippen LogP contribution in [0.5, 0.6) is 5.88 Å². The van der Waals surface area contributed by atoms with Gasteiger partial charge in [-0.2, -0.15) is 0 Å². The van der Waals surface area contributed by atoms with Crippen molar-refractivity contribution in [2.75, 3.05) is 30.4 Å². The number of nitrogens with zero attached hydrogens (tertiary/aromatic N) is 2. The first-order valence-corrected chi connectivity index (χ1v) is 9.20. The number of hydrogen-bond donors (Lipinski definition) is 1. The minimum absolute atomic E-state index is 0.0147. The lowest BCUT2D eigenvalue weighted by Crippen LogP contribution is -2.38. The third kappa shape index (κ3) is 4.22. The Morgan fingerprint density at radius 1 is 1.31 bits per heavy atom. The number of pyridine rings is 1. The van der Waals surface area contributed by atoms with Crippen molar-refractivity contribution < 1.29 is 14.3 Å². The molecule has 7 heteroatoms. The lowest BCUT2D eigenvalue weighted by atomic mass is 9.95. The van der Waals surface area contributed by atoms with Crippen LogP contribution in [0.25, 0.3) is 0 Å². The molecule has 1 saturated heterocycles. The predicted molar refractivity (Wildman–Crippen MR) is 104 cm³/mol. The van der Waals surface area contributed by atoms with Gasteiger partial charge in [-0.05, 0) is 59.1 Å². The van der Waals surface area contributed by atoms with Crippen LogP contribution < -0.4 is 15.0 Å². The molecular formula is C19H20BrN3O3. The SMILES string of the molecule is COc1ncc(Br)cc1NC(=O)C1CCN(c2ccc(C=O)cc2)CC1. The molecule has 2 aromatic rings. The van der Waals surface area contributed by atoms with E-state index in [0.717, 1.165) is 42.4 Å². The molecule has 26 heavy (non-hydrogen) atoms. The van der Waals surface area contributed by atoms with Gasteiger partial charge in [0.05, 0.1) is 7.11 Å². The number of aldehydes is 1. The van der Waals surface area contributed by atoms with E-state index in [1.807, 2.05) is 24.3 Å². The second-order valence-corrected chi connectivity index (χ2v) is 7.09. The summed E-state index contributed by atoms with van der Waals surface area (Å²) < 4.78 is 5.98. The Morgan fingerprint density at radius 3 is 2.62 bits per heavy atom. The summed E-state index contributed by atoms with van der Waals surface area (Å²) in [5, 5.41) is 2.93. The molecule has 0 radical (unpaired) electrons. The fourth-order valence-corrected chi connectivity index (χ4v) is 3.41. The normalized spacial score (nSPS) is 14.8. The maximum atomic E-state index is 12.6. The number of carbonyl (C=O) groups is 2. The van der Waals surface area contributed by atoms with Gasteiger partial charge < -0.3 is 15.0 Å². The Kier molecular flexibility index (Phi) is 5.88. The van der Waals surface area contributed by atoms with Crippen LogP contribution in [-0.4, -0.2) is 37.4 Å². The van der Waals surface area contributed by atoms with Gasteiger partial charge in [-0.1, -0.05) is 0 Å². The Balaban J connectivity index is 1.60. The van der Waals surface area contributed by atoms with Crippen molar-refractivity contribution in [1.82, 2.24) is 4.98 Å². The van der Waals surface area contributed by atoms with Crippen molar-refractivity contribution in [2.24, 2.45) is 5.92 Å². The number of amides is 1. The van der Waals surface area contributed by atoms with Crippen molar-refractivity contribution in [3.05, 3.63) is 46.6 Å². The van der Waals surface area contributed by atoms with Gasteiger partial charge in [0, 0.05) is 40.9 Å². The number of rotatable bonds is 5. The van der Waals surface area contributed by atoms with E-state index in [2.05, 4.69) is 31.1 Å². The lowest BCUT2D eigenvalue weighted by molar-refractivity contribution is -0.120. The third-order valence-corrected chi connectivity index (χ3v) is 4.96. The molecule has 1 aromatic carbocycles. The third-order valence-electron chi connectivity index (χ3n) is 4.53. The largest absolute Gasteiger partial charge is 0.480 e. The number of aromatic nitrogens is 1. The minimum Gasteiger partial charge on any atom is -0.480 e. The van der Waals surface area contributed by atoms with Crippen molar-refractivity contribution in [1.29, 1.82) is 0 Å². The van der Waals surface area contributed by atoms with Crippen LogP contribution in [0.2, 0.25) is 0 Å². The molecule has 6 nitrogen and oxygen atoms in total. The standard InChI is InChI=1S/C19H20BrN3O3/c1-26-19-17(10-15(20)11-21-19)22-18(25)14-6-8-23(9-7-14)16-4-2-13(12-24)3-5-16/h2-5,10-12,14H,6-9H2,1H3,(H,22,25). The Hall–Kier alpha value is -2.41. The first kappa shape index (κ1) is 18.4. The average molecular weight is 418 g/mol. The molecule has 1 aliphatic rings. The smallest absolute Gasteiger partial charge is 0.237 e. The van der Waals surface area contributed by atoms with Gasteiger partial charge in [0.2, 0.25) is 11.8 Å². The number of ether oxygens (including phenoxy) is 1. The number of halogens is 1. The maximum Gasteiger partial charge on any atom is 0.237 e. The Morgan fingerprint density at radius 2 is 2.00 bits per heavy atom. The topological polar surface area (TPSA) is 71.5 Å². The number of benzene rings is 1. The van der Waals surface area contributed by atoms with Gasteiger partial charge in [0.1, 0.15) is 12.0 Å². The molecule has 0 bridgehead atoms. The molecule has 0 unspecified atom stereocenters. The number of hydrogen-bond acceptors (Lipinski definition) is 5. The van der Waals surface area contributed by atoms with Gasteiger partial charge in [0.15, 0.2) is 0 Å². The van der Waals surface area contributed by atoms with Crippen LogP contribution in [0.4, 0.5) is 11.4 Å². The fraction of sp³-hybridized carbons (Fsp3) is 0.316. The minimum atomic E-state index is -0.0517. The molecule has 1 aliphatic heterocycles. The highest BCUT2D eigenvalue weighted by Gasteiger charge is 2.26. The Bertz CT molecular complexity index is 787. The van der Waals surface area contributed by atoms with Crippen molar-refractivity contribution in [2.45, 2.75) is 12.8 Å². The first-order chi connectivity index (χ1) is 12.6. The zero-order valence-electron chi connectivity index (χ0n) is 14.4. The van der Waals surface area contributed by atoms with Crippen molar-refractivity contribution in [3.8, 4) is 5.88 Å². The highest BCUT2D eigenvalue weighted by Crippen LogP contribution is 2.28. The van der Waals surface area contributed by atoms with E-state index in [0.29, 0.717) is 17.1 Å². The predicted octanol–water partition coefficient (Wildman–Crippen LogP) is 3.52. The molecule has 0 spiro atoms. The monoisotopic (exact) mass is 417 g/mol. The molecule has 1 aromatic heterocycles. The van der Waals surface area contributed by atoms with Gasteiger partial charge in [-0.25, -0.2) is 4.98 Å². The summed E-state index contributed by atoms with van der Waals surface area (Å²) >= 11 is 3.36. The summed E-state index contributed by atoms with van der Waals surface area (Å²) in [5.74, 6) is 0.331. The molecule has 1 amide bonds. The lowest BCUT2D eigenvalue weighted by Gasteiger charge is -2.33. The van der Waals surface area contributed by atoms with Crippen molar-refractivity contribution >= 4 is 39.5 Å². The number of methoxy groups -OCH3 is 1. The first-order valence-electron chi connectivity index (χ1n) is 8.41. The van der Waals surface area contributed by atoms with Crippen molar-refractivity contribution in [3.63, 3.8) is 0 Å². The summed E-state index contributed by atoms with van der Waals surface area (Å²) in [4.78, 5) is 29.7. The van der Waals surface area contributed by atoms with E-state index in [-0.39, 0.29) is 11.8 Å². The molecule has 1 fully saturated rings. The molecule has 0 aliphatic carbocycles.